The van der Waals surface area contributed by atoms with Crippen LogP contribution in [0.4, 0.5) is 4.39 Å². The minimum absolute atomic E-state index is 0. The average molecular weight is 420 g/mol. The molecule has 122 valence electrons. The van der Waals surface area contributed by atoms with Gasteiger partial charge in [-0.15, -0.1) is 24.0 Å². The van der Waals surface area contributed by atoms with Gasteiger partial charge >= 0.3 is 0 Å². The number of hydrogen-bond acceptors (Lipinski definition) is 2. The molecule has 0 saturated heterocycles. The summed E-state index contributed by atoms with van der Waals surface area (Å²) in [6.45, 7) is 3.00. The standard InChI is InChI=1S/C15H21FN4O.HI/c1-2-17-15(19-10-14(21)20-12-7-8-12)18-9-11-5-3-4-6-13(11)16;/h3-6,12H,2,7-10H2,1H3,(H,20,21)(H2,17,18,19);1H. The van der Waals surface area contributed by atoms with E-state index in [0.29, 0.717) is 24.1 Å². The van der Waals surface area contributed by atoms with Crippen molar-refractivity contribution in [2.45, 2.75) is 32.4 Å². The van der Waals surface area contributed by atoms with Crippen molar-refractivity contribution < 1.29 is 9.18 Å². The molecular formula is C15H22FIN4O. The van der Waals surface area contributed by atoms with E-state index in [9.17, 15) is 9.18 Å². The van der Waals surface area contributed by atoms with Gasteiger partial charge in [-0.05, 0) is 25.8 Å². The van der Waals surface area contributed by atoms with Crippen molar-refractivity contribution in [2.24, 2.45) is 4.99 Å². The lowest BCUT2D eigenvalue weighted by molar-refractivity contribution is -0.120. The van der Waals surface area contributed by atoms with Gasteiger partial charge in [-0.1, -0.05) is 18.2 Å². The van der Waals surface area contributed by atoms with Crippen LogP contribution in [-0.2, 0) is 11.3 Å². The van der Waals surface area contributed by atoms with Gasteiger partial charge in [0.1, 0.15) is 5.82 Å². The number of hydrogen-bond donors (Lipinski definition) is 3. The van der Waals surface area contributed by atoms with Crippen LogP contribution >= 0.6 is 24.0 Å². The molecule has 0 radical (unpaired) electrons. The van der Waals surface area contributed by atoms with Gasteiger partial charge in [0.2, 0.25) is 5.91 Å². The van der Waals surface area contributed by atoms with Crippen LogP contribution < -0.4 is 16.0 Å². The number of nitrogens with zero attached hydrogens (tertiary/aromatic N) is 1. The first-order chi connectivity index (χ1) is 10.2. The highest BCUT2D eigenvalue weighted by Gasteiger charge is 2.22. The Morgan fingerprint density at radius 1 is 1.32 bits per heavy atom. The van der Waals surface area contributed by atoms with Crippen LogP contribution in [0.1, 0.15) is 25.3 Å². The second-order valence-corrected chi connectivity index (χ2v) is 4.98. The molecule has 7 heteroatoms. The summed E-state index contributed by atoms with van der Waals surface area (Å²) in [4.78, 5) is 15.9. The van der Waals surface area contributed by atoms with Crippen LogP contribution in [0.15, 0.2) is 29.3 Å². The van der Waals surface area contributed by atoms with Crippen molar-refractivity contribution in [3.63, 3.8) is 0 Å². The quantitative estimate of drug-likeness (QED) is 0.374. The maximum atomic E-state index is 13.5. The third-order valence-electron chi connectivity index (χ3n) is 3.07. The molecule has 0 unspecified atom stereocenters. The first kappa shape index (κ1) is 18.7. The molecule has 0 aliphatic heterocycles. The van der Waals surface area contributed by atoms with Crippen LogP contribution in [0.3, 0.4) is 0 Å². The zero-order chi connectivity index (χ0) is 15.1. The number of carbonyl (C=O) groups excluding carboxylic acids is 1. The molecule has 1 aromatic rings. The molecule has 1 aromatic carbocycles. The fourth-order valence-corrected chi connectivity index (χ4v) is 1.80. The normalized spacial score (nSPS) is 14.0. The van der Waals surface area contributed by atoms with Crippen molar-refractivity contribution in [1.29, 1.82) is 0 Å². The van der Waals surface area contributed by atoms with Crippen LogP contribution in [0.25, 0.3) is 0 Å². The minimum atomic E-state index is -0.274. The van der Waals surface area contributed by atoms with E-state index >= 15 is 0 Å². The maximum Gasteiger partial charge on any atom is 0.239 e. The van der Waals surface area contributed by atoms with Gasteiger partial charge < -0.3 is 16.0 Å². The number of aliphatic imine (C=N–C) groups is 1. The summed E-state index contributed by atoms with van der Waals surface area (Å²) >= 11 is 0. The third kappa shape index (κ3) is 6.59. The van der Waals surface area contributed by atoms with Gasteiger partial charge in [-0.3, -0.25) is 4.79 Å². The van der Waals surface area contributed by atoms with Gasteiger partial charge in [0.15, 0.2) is 5.96 Å². The Labute approximate surface area is 147 Å². The van der Waals surface area contributed by atoms with Crippen LogP contribution in [0.5, 0.6) is 0 Å². The zero-order valence-electron chi connectivity index (χ0n) is 12.6. The van der Waals surface area contributed by atoms with Gasteiger partial charge in [0.05, 0.1) is 13.1 Å². The van der Waals surface area contributed by atoms with Crippen molar-refractivity contribution >= 4 is 35.8 Å². The maximum absolute atomic E-state index is 13.5. The highest BCUT2D eigenvalue weighted by molar-refractivity contribution is 14.0. The minimum Gasteiger partial charge on any atom is -0.357 e. The Kier molecular flexibility index (Phi) is 8.15. The van der Waals surface area contributed by atoms with Crippen molar-refractivity contribution in [3.05, 3.63) is 35.6 Å². The highest BCUT2D eigenvalue weighted by atomic mass is 127. The second-order valence-electron chi connectivity index (χ2n) is 4.98. The largest absolute Gasteiger partial charge is 0.357 e. The van der Waals surface area contributed by atoms with Gasteiger partial charge in [0.25, 0.3) is 0 Å². The van der Waals surface area contributed by atoms with Crippen molar-refractivity contribution in [3.8, 4) is 0 Å². The molecule has 1 aliphatic carbocycles. The number of amides is 1. The van der Waals surface area contributed by atoms with E-state index in [1.807, 2.05) is 6.92 Å². The number of benzene rings is 1. The molecule has 1 fully saturated rings. The predicted molar refractivity (Wildman–Crippen MR) is 95.8 cm³/mol. The number of carbonyl (C=O) groups is 1. The Hall–Kier alpha value is -1.38. The number of guanidine groups is 1. The summed E-state index contributed by atoms with van der Waals surface area (Å²) in [7, 11) is 0. The molecule has 3 N–H and O–H groups in total. The Morgan fingerprint density at radius 2 is 2.05 bits per heavy atom. The van der Waals surface area contributed by atoms with E-state index in [1.165, 1.54) is 6.07 Å². The molecule has 0 heterocycles. The van der Waals surface area contributed by atoms with E-state index in [4.69, 9.17) is 0 Å². The fourth-order valence-electron chi connectivity index (χ4n) is 1.80. The Bertz CT molecular complexity index is 520. The molecule has 5 nitrogen and oxygen atoms in total. The van der Waals surface area contributed by atoms with E-state index in [2.05, 4.69) is 20.9 Å². The SMILES string of the molecule is CCNC(=NCc1ccccc1F)NCC(=O)NC1CC1.I. The van der Waals surface area contributed by atoms with Crippen molar-refractivity contribution in [1.82, 2.24) is 16.0 Å². The fraction of sp³-hybridized carbons (Fsp3) is 0.467. The van der Waals surface area contributed by atoms with Crippen LogP contribution in [-0.4, -0.2) is 31.0 Å². The smallest absolute Gasteiger partial charge is 0.239 e. The topological polar surface area (TPSA) is 65.5 Å². The van der Waals surface area contributed by atoms with Gasteiger partial charge in [-0.25, -0.2) is 9.38 Å². The summed E-state index contributed by atoms with van der Waals surface area (Å²) in [6, 6.07) is 6.87. The van der Waals surface area contributed by atoms with Crippen LogP contribution in [0.2, 0.25) is 0 Å². The predicted octanol–water partition coefficient (Wildman–Crippen LogP) is 1.78. The Morgan fingerprint density at radius 3 is 2.68 bits per heavy atom. The summed E-state index contributed by atoms with van der Waals surface area (Å²) in [6.07, 6.45) is 2.13. The molecular weight excluding hydrogens is 398 g/mol. The molecule has 0 atom stereocenters. The summed E-state index contributed by atoms with van der Waals surface area (Å²) < 4.78 is 13.5. The molecule has 1 saturated carbocycles. The summed E-state index contributed by atoms with van der Waals surface area (Å²) in [5, 5.41) is 8.87. The van der Waals surface area contributed by atoms with Crippen LogP contribution in [0, 0.1) is 5.82 Å². The number of halogens is 2. The zero-order valence-corrected chi connectivity index (χ0v) is 14.9. The lowest BCUT2D eigenvalue weighted by Crippen LogP contribution is -2.43. The number of rotatable bonds is 6. The molecule has 0 bridgehead atoms. The van der Waals surface area contributed by atoms with E-state index in [0.717, 1.165) is 12.8 Å². The molecule has 1 aliphatic rings. The van der Waals surface area contributed by atoms with Gasteiger partial charge in [-0.2, -0.15) is 0 Å². The summed E-state index contributed by atoms with van der Waals surface area (Å²) in [5.74, 6) is 0.185. The van der Waals surface area contributed by atoms with E-state index < -0.39 is 0 Å². The number of nitrogens with one attached hydrogen (secondary N) is 3. The first-order valence-corrected chi connectivity index (χ1v) is 7.24. The third-order valence-corrected chi connectivity index (χ3v) is 3.07. The second kappa shape index (κ2) is 9.60. The molecule has 0 spiro atoms. The van der Waals surface area contributed by atoms with Gasteiger partial charge in [0, 0.05) is 18.2 Å². The lowest BCUT2D eigenvalue weighted by Gasteiger charge is -2.11. The van der Waals surface area contributed by atoms with E-state index in [-0.39, 0.29) is 48.8 Å². The van der Waals surface area contributed by atoms with Crippen molar-refractivity contribution in [2.75, 3.05) is 13.1 Å². The first-order valence-electron chi connectivity index (χ1n) is 7.24. The molecule has 1 amide bonds. The molecule has 0 aromatic heterocycles. The molecule has 22 heavy (non-hydrogen) atoms. The highest BCUT2D eigenvalue weighted by Crippen LogP contribution is 2.18. The Balaban J connectivity index is 0.00000242. The average Bonchev–Trinajstić information content (AvgIpc) is 3.27. The lowest BCUT2D eigenvalue weighted by atomic mass is 10.2. The summed E-state index contributed by atoms with van der Waals surface area (Å²) in [5.41, 5.74) is 0.525. The van der Waals surface area contributed by atoms with E-state index in [1.54, 1.807) is 18.2 Å². The monoisotopic (exact) mass is 420 g/mol. The molecule has 2 rings (SSSR count).